The van der Waals surface area contributed by atoms with Crippen molar-refractivity contribution in [3.8, 4) is 5.75 Å². The van der Waals surface area contributed by atoms with Gasteiger partial charge in [0.15, 0.2) is 0 Å². The second kappa shape index (κ2) is 8.40. The van der Waals surface area contributed by atoms with Crippen molar-refractivity contribution in [2.75, 3.05) is 39.8 Å². The molecule has 0 aliphatic carbocycles. The molecule has 30 heavy (non-hydrogen) atoms. The van der Waals surface area contributed by atoms with Crippen LogP contribution in [0.1, 0.15) is 35.3 Å². The van der Waals surface area contributed by atoms with Gasteiger partial charge in [-0.2, -0.15) is 0 Å². The number of piperazine rings is 2. The Bertz CT molecular complexity index is 876. The summed E-state index contributed by atoms with van der Waals surface area (Å²) in [7, 11) is 1.70. The van der Waals surface area contributed by atoms with Gasteiger partial charge in [0.25, 0.3) is 5.91 Å². The molecule has 0 spiro atoms. The van der Waals surface area contributed by atoms with Crippen molar-refractivity contribution >= 4 is 5.91 Å². The summed E-state index contributed by atoms with van der Waals surface area (Å²) >= 11 is 0. The molecule has 0 bridgehead atoms. The van der Waals surface area contributed by atoms with Gasteiger partial charge in [-0.1, -0.05) is 29.8 Å². The van der Waals surface area contributed by atoms with E-state index in [1.54, 1.807) is 7.11 Å². The van der Waals surface area contributed by atoms with Crippen molar-refractivity contribution in [3.63, 3.8) is 0 Å². The summed E-state index contributed by atoms with van der Waals surface area (Å²) in [4.78, 5) is 20.2. The highest BCUT2D eigenvalue weighted by atomic mass is 16.5. The summed E-state index contributed by atoms with van der Waals surface area (Å²) in [6.45, 7) is 12.2. The molecule has 2 aromatic rings. The Balaban J connectivity index is 1.45. The number of carbonyl (C=O) groups is 1. The Labute approximate surface area is 180 Å². The molecule has 0 saturated carbocycles. The molecule has 1 amide bonds. The normalized spacial score (nSPS) is 21.9. The van der Waals surface area contributed by atoms with E-state index in [1.807, 2.05) is 41.3 Å². The first-order valence-electron chi connectivity index (χ1n) is 10.8. The fraction of sp³-hybridized carbons (Fsp3) is 0.480. The molecule has 2 saturated heterocycles. The average molecular weight is 408 g/mol. The molecule has 1 atom stereocenters. The smallest absolute Gasteiger partial charge is 0.253 e. The van der Waals surface area contributed by atoms with Crippen molar-refractivity contribution < 1.29 is 9.53 Å². The number of nitrogens with zero attached hydrogens (tertiary/aromatic N) is 3. The summed E-state index contributed by atoms with van der Waals surface area (Å²) in [5.74, 6) is 1.04. The predicted molar refractivity (Wildman–Crippen MR) is 120 cm³/mol. The monoisotopic (exact) mass is 407 g/mol. The Morgan fingerprint density at radius 1 is 1.03 bits per heavy atom. The quantitative estimate of drug-likeness (QED) is 0.778. The van der Waals surface area contributed by atoms with Crippen LogP contribution in [0.5, 0.6) is 5.75 Å². The minimum atomic E-state index is 0.0917. The van der Waals surface area contributed by atoms with E-state index in [1.165, 1.54) is 11.1 Å². The summed E-state index contributed by atoms with van der Waals surface area (Å²) in [5, 5.41) is 0. The largest absolute Gasteiger partial charge is 0.497 e. The number of hydrogen-bond donors (Lipinski definition) is 0. The van der Waals surface area contributed by atoms with Gasteiger partial charge in [0.05, 0.1) is 7.11 Å². The van der Waals surface area contributed by atoms with Crippen LogP contribution in [0, 0.1) is 6.92 Å². The Morgan fingerprint density at radius 3 is 2.40 bits per heavy atom. The van der Waals surface area contributed by atoms with E-state index < -0.39 is 0 Å². The van der Waals surface area contributed by atoms with Crippen LogP contribution in [0.4, 0.5) is 0 Å². The fourth-order valence-electron chi connectivity index (χ4n) is 4.98. The molecule has 4 rings (SSSR count). The minimum absolute atomic E-state index is 0.0917. The molecule has 0 radical (unpaired) electrons. The number of aryl methyl sites for hydroxylation is 1. The van der Waals surface area contributed by atoms with Gasteiger partial charge < -0.3 is 9.64 Å². The molecular formula is C25H33N3O2. The highest BCUT2D eigenvalue weighted by Crippen LogP contribution is 2.29. The lowest BCUT2D eigenvalue weighted by Gasteiger charge is -2.55. The van der Waals surface area contributed by atoms with Gasteiger partial charge >= 0.3 is 0 Å². The number of fused-ring (bicyclic) bond motifs is 1. The Kier molecular flexibility index (Phi) is 5.85. The molecule has 2 fully saturated rings. The van der Waals surface area contributed by atoms with Crippen LogP contribution in [-0.4, -0.2) is 72.0 Å². The van der Waals surface area contributed by atoms with Crippen LogP contribution < -0.4 is 4.74 Å². The van der Waals surface area contributed by atoms with Gasteiger partial charge in [0, 0.05) is 56.4 Å². The third-order valence-electron chi connectivity index (χ3n) is 6.49. The summed E-state index contributed by atoms with van der Waals surface area (Å²) in [5.41, 5.74) is 3.36. The second-order valence-corrected chi connectivity index (χ2v) is 9.29. The maximum atomic E-state index is 13.1. The molecule has 2 aliphatic rings. The highest BCUT2D eigenvalue weighted by molar-refractivity contribution is 5.94. The van der Waals surface area contributed by atoms with Gasteiger partial charge in [-0.05, 0) is 50.6 Å². The predicted octanol–water partition coefficient (Wildman–Crippen LogP) is 3.42. The van der Waals surface area contributed by atoms with Gasteiger partial charge in [-0.3, -0.25) is 14.6 Å². The molecule has 5 heteroatoms. The van der Waals surface area contributed by atoms with Crippen LogP contribution in [0.25, 0.3) is 0 Å². The molecule has 160 valence electrons. The van der Waals surface area contributed by atoms with E-state index >= 15 is 0 Å². The molecule has 2 heterocycles. The van der Waals surface area contributed by atoms with Crippen molar-refractivity contribution in [1.82, 2.24) is 14.7 Å². The van der Waals surface area contributed by atoms with E-state index in [9.17, 15) is 4.79 Å². The fourth-order valence-corrected chi connectivity index (χ4v) is 4.98. The molecule has 0 aromatic heterocycles. The lowest BCUT2D eigenvalue weighted by molar-refractivity contribution is -0.0613. The summed E-state index contributed by atoms with van der Waals surface area (Å²) in [6.07, 6.45) is 0. The number of amides is 1. The van der Waals surface area contributed by atoms with Crippen LogP contribution in [0.15, 0.2) is 48.5 Å². The summed E-state index contributed by atoms with van der Waals surface area (Å²) in [6, 6.07) is 16.6. The van der Waals surface area contributed by atoms with Gasteiger partial charge in [0.2, 0.25) is 0 Å². The zero-order valence-electron chi connectivity index (χ0n) is 18.6. The molecule has 0 N–H and O–H groups in total. The average Bonchev–Trinajstić information content (AvgIpc) is 2.73. The third kappa shape index (κ3) is 4.37. The Morgan fingerprint density at radius 2 is 1.73 bits per heavy atom. The zero-order valence-corrected chi connectivity index (χ0v) is 18.6. The standard InChI is InChI=1S/C25H33N3O2/c1-19-5-9-21(10-6-19)24(29)27-13-14-28-22(17-27)16-26(18-25(28,2)3)15-20-7-11-23(30-4)12-8-20/h5-12,22H,13-18H2,1-4H3/t22-/m1/s1. The number of hydrogen-bond acceptors (Lipinski definition) is 4. The van der Waals surface area contributed by atoms with Crippen molar-refractivity contribution in [1.29, 1.82) is 0 Å². The molecule has 2 aliphatic heterocycles. The minimum Gasteiger partial charge on any atom is -0.497 e. The first-order chi connectivity index (χ1) is 14.4. The van der Waals surface area contributed by atoms with Crippen molar-refractivity contribution in [2.24, 2.45) is 0 Å². The molecule has 2 aromatic carbocycles. The van der Waals surface area contributed by atoms with Crippen LogP contribution >= 0.6 is 0 Å². The van der Waals surface area contributed by atoms with E-state index in [2.05, 4.69) is 42.7 Å². The number of methoxy groups -OCH3 is 1. The van der Waals surface area contributed by atoms with E-state index in [-0.39, 0.29) is 11.4 Å². The van der Waals surface area contributed by atoms with E-state index in [0.717, 1.165) is 50.6 Å². The van der Waals surface area contributed by atoms with Crippen molar-refractivity contribution in [3.05, 3.63) is 65.2 Å². The first kappa shape index (κ1) is 20.9. The molecular weight excluding hydrogens is 374 g/mol. The van der Waals surface area contributed by atoms with Crippen molar-refractivity contribution in [2.45, 2.75) is 38.9 Å². The lowest BCUT2D eigenvalue weighted by atomic mass is 9.92. The van der Waals surface area contributed by atoms with Gasteiger partial charge in [0.1, 0.15) is 5.75 Å². The maximum absolute atomic E-state index is 13.1. The highest BCUT2D eigenvalue weighted by Gasteiger charge is 2.43. The van der Waals surface area contributed by atoms with Crippen LogP contribution in [0.2, 0.25) is 0 Å². The molecule has 5 nitrogen and oxygen atoms in total. The number of benzene rings is 2. The van der Waals surface area contributed by atoms with E-state index in [4.69, 9.17) is 4.74 Å². The maximum Gasteiger partial charge on any atom is 0.253 e. The number of ether oxygens (including phenoxy) is 1. The summed E-state index contributed by atoms with van der Waals surface area (Å²) < 4.78 is 5.28. The third-order valence-corrected chi connectivity index (χ3v) is 6.49. The first-order valence-corrected chi connectivity index (χ1v) is 10.8. The van der Waals surface area contributed by atoms with Crippen LogP contribution in [-0.2, 0) is 6.54 Å². The lowest BCUT2D eigenvalue weighted by Crippen LogP contribution is -2.69. The molecule has 0 unspecified atom stereocenters. The number of rotatable bonds is 4. The number of carbonyl (C=O) groups excluding carboxylic acids is 1. The topological polar surface area (TPSA) is 36.0 Å². The van der Waals surface area contributed by atoms with E-state index in [0.29, 0.717) is 6.04 Å². The van der Waals surface area contributed by atoms with Gasteiger partial charge in [-0.15, -0.1) is 0 Å². The van der Waals surface area contributed by atoms with Crippen LogP contribution in [0.3, 0.4) is 0 Å². The Hall–Kier alpha value is -2.37. The van der Waals surface area contributed by atoms with Gasteiger partial charge in [-0.25, -0.2) is 0 Å². The zero-order chi connectivity index (χ0) is 21.3. The second-order valence-electron chi connectivity index (χ2n) is 9.29. The SMILES string of the molecule is COc1ccc(CN2C[C@@H]3CN(C(=O)c4ccc(C)cc4)CCN3C(C)(C)C2)cc1.